The van der Waals surface area contributed by atoms with E-state index in [0.717, 1.165) is 36.4 Å². The van der Waals surface area contributed by atoms with E-state index in [4.69, 9.17) is 11.6 Å². The van der Waals surface area contributed by atoms with Gasteiger partial charge in [-0.1, -0.05) is 43.7 Å². The van der Waals surface area contributed by atoms with E-state index >= 15 is 0 Å². The fourth-order valence-corrected chi connectivity index (χ4v) is 4.82. The normalized spacial score (nSPS) is 17.7. The van der Waals surface area contributed by atoms with Crippen LogP contribution in [0.15, 0.2) is 23.8 Å². The average Bonchev–Trinajstić information content (AvgIpc) is 3.45. The van der Waals surface area contributed by atoms with Gasteiger partial charge in [-0.15, -0.1) is 11.3 Å². The summed E-state index contributed by atoms with van der Waals surface area (Å²) >= 11 is 7.35. The Kier molecular flexibility index (Phi) is 7.40. The van der Waals surface area contributed by atoms with E-state index in [1.807, 2.05) is 0 Å². The van der Waals surface area contributed by atoms with Crippen molar-refractivity contribution >= 4 is 40.4 Å². The Morgan fingerprint density at radius 1 is 1.16 bits per heavy atom. The largest absolute Gasteiger partial charge is 0.377 e. The first-order chi connectivity index (χ1) is 15.1. The maximum atomic E-state index is 12.8. The van der Waals surface area contributed by atoms with Gasteiger partial charge in [-0.05, 0) is 31.2 Å². The number of thiazole rings is 1. The lowest BCUT2D eigenvalue weighted by Gasteiger charge is -2.26. The summed E-state index contributed by atoms with van der Waals surface area (Å²) < 4.78 is 0. The van der Waals surface area contributed by atoms with Gasteiger partial charge >= 0.3 is 0 Å². The van der Waals surface area contributed by atoms with Crippen molar-refractivity contribution in [2.45, 2.75) is 70.0 Å². The molecule has 0 aromatic carbocycles. The van der Waals surface area contributed by atoms with Crippen molar-refractivity contribution < 1.29 is 9.59 Å². The first-order valence-corrected chi connectivity index (χ1v) is 12.2. The highest BCUT2D eigenvalue weighted by Gasteiger charge is 2.31. The number of rotatable bonds is 9. The summed E-state index contributed by atoms with van der Waals surface area (Å²) in [6.45, 7) is 0.466. The average molecular weight is 462 g/mol. The minimum atomic E-state index is -0.503. The lowest BCUT2D eigenvalue weighted by atomic mass is 9.84. The lowest BCUT2D eigenvalue weighted by molar-refractivity contribution is -0.123. The minimum Gasteiger partial charge on any atom is -0.377 e. The van der Waals surface area contributed by atoms with Gasteiger partial charge in [0.05, 0.1) is 23.5 Å². The maximum absolute atomic E-state index is 12.8. The second kappa shape index (κ2) is 10.4. The molecule has 2 amide bonds. The molecule has 1 atom stereocenters. The number of carbonyl (C=O) groups excluding carboxylic acids is 2. The molecule has 2 saturated carbocycles. The summed E-state index contributed by atoms with van der Waals surface area (Å²) in [4.78, 5) is 34.1. The highest BCUT2D eigenvalue weighted by Crippen LogP contribution is 2.28. The Hall–Kier alpha value is -2.19. The Balaban J connectivity index is 1.35. The smallest absolute Gasteiger partial charge is 0.271 e. The zero-order chi connectivity index (χ0) is 21.6. The second-order valence-electron chi connectivity index (χ2n) is 8.42. The molecule has 0 spiro atoms. The maximum Gasteiger partial charge on any atom is 0.271 e. The monoisotopic (exact) mass is 461 g/mol. The van der Waals surface area contributed by atoms with Crippen LogP contribution in [0.5, 0.6) is 0 Å². The van der Waals surface area contributed by atoms with Gasteiger partial charge in [0.2, 0.25) is 5.91 Å². The number of aromatic nitrogens is 2. The van der Waals surface area contributed by atoms with Crippen molar-refractivity contribution in [2.24, 2.45) is 5.92 Å². The molecule has 2 fully saturated rings. The zero-order valence-corrected chi connectivity index (χ0v) is 19.0. The molecular weight excluding hydrogens is 434 g/mol. The Morgan fingerprint density at radius 3 is 2.71 bits per heavy atom. The number of nitrogens with one attached hydrogen (secondary N) is 3. The van der Waals surface area contributed by atoms with Crippen LogP contribution in [0.2, 0.25) is 5.02 Å². The molecule has 0 aliphatic heterocycles. The predicted molar refractivity (Wildman–Crippen MR) is 122 cm³/mol. The molecule has 0 bridgehead atoms. The first-order valence-electron chi connectivity index (χ1n) is 11.0. The van der Waals surface area contributed by atoms with Crippen molar-refractivity contribution in [2.75, 3.05) is 5.32 Å². The SMILES string of the molecule is O=C(N[C@@H](CC1CCCCC1)C(=O)NC1CC1)c1csc(CNc2cncc(Cl)c2)n1. The molecule has 9 heteroatoms. The van der Waals surface area contributed by atoms with E-state index in [2.05, 4.69) is 25.9 Å². The highest BCUT2D eigenvalue weighted by molar-refractivity contribution is 7.09. The fourth-order valence-electron chi connectivity index (χ4n) is 3.93. The lowest BCUT2D eigenvalue weighted by Crippen LogP contribution is -2.48. The van der Waals surface area contributed by atoms with Crippen molar-refractivity contribution in [3.8, 4) is 0 Å². The quantitative estimate of drug-likeness (QED) is 0.521. The third-order valence-corrected chi connectivity index (χ3v) is 6.83. The summed E-state index contributed by atoms with van der Waals surface area (Å²) in [6.07, 6.45) is 12.0. The molecule has 4 rings (SSSR count). The second-order valence-corrected chi connectivity index (χ2v) is 9.80. The van der Waals surface area contributed by atoms with Crippen molar-refractivity contribution in [1.82, 2.24) is 20.6 Å². The summed E-state index contributed by atoms with van der Waals surface area (Å²) in [6, 6.07) is 1.55. The van der Waals surface area contributed by atoms with Gasteiger partial charge in [0, 0.05) is 17.6 Å². The molecule has 2 aliphatic carbocycles. The summed E-state index contributed by atoms with van der Waals surface area (Å²) in [5, 5.41) is 12.3. The fraction of sp³-hybridized carbons (Fsp3) is 0.545. The molecule has 2 aromatic rings. The van der Waals surface area contributed by atoms with Crippen LogP contribution < -0.4 is 16.0 Å². The molecule has 166 valence electrons. The van der Waals surface area contributed by atoms with Gasteiger partial charge in [-0.3, -0.25) is 14.6 Å². The minimum absolute atomic E-state index is 0.0630. The molecule has 0 unspecified atom stereocenters. The molecule has 2 heterocycles. The predicted octanol–water partition coefficient (Wildman–Crippen LogP) is 4.15. The van der Waals surface area contributed by atoms with Crippen molar-refractivity contribution in [3.05, 3.63) is 39.6 Å². The topological polar surface area (TPSA) is 96.0 Å². The number of anilines is 1. The molecule has 0 saturated heterocycles. The molecule has 3 N–H and O–H groups in total. The third-order valence-electron chi connectivity index (χ3n) is 5.77. The molecule has 0 radical (unpaired) electrons. The summed E-state index contributed by atoms with van der Waals surface area (Å²) in [5.41, 5.74) is 1.14. The number of pyridine rings is 1. The number of nitrogens with zero attached hydrogens (tertiary/aromatic N) is 2. The summed E-state index contributed by atoms with van der Waals surface area (Å²) in [5.74, 6) is 0.135. The third kappa shape index (κ3) is 6.64. The number of hydrogen-bond acceptors (Lipinski definition) is 6. The number of halogens is 1. The van der Waals surface area contributed by atoms with E-state index < -0.39 is 6.04 Å². The van der Waals surface area contributed by atoms with Crippen LogP contribution in [-0.2, 0) is 11.3 Å². The standard InChI is InChI=1S/C22H28ClN5O2S/c23-15-9-17(11-24-10-15)25-12-20-27-19(13-31-20)22(30)28-18(21(29)26-16-6-7-16)8-14-4-2-1-3-5-14/h9-11,13-14,16,18,25H,1-8,12H2,(H,26,29)(H,28,30)/t18-/m0/s1. The van der Waals surface area contributed by atoms with Gasteiger partial charge in [-0.2, -0.15) is 0 Å². The van der Waals surface area contributed by atoms with E-state index in [1.165, 1.54) is 30.6 Å². The van der Waals surface area contributed by atoms with Crippen LogP contribution in [0.25, 0.3) is 0 Å². The van der Waals surface area contributed by atoms with Gasteiger partial charge in [0.25, 0.3) is 5.91 Å². The van der Waals surface area contributed by atoms with Crippen LogP contribution in [0, 0.1) is 5.92 Å². The Morgan fingerprint density at radius 2 is 1.97 bits per heavy atom. The number of hydrogen-bond donors (Lipinski definition) is 3. The van der Waals surface area contributed by atoms with Crippen molar-refractivity contribution in [1.29, 1.82) is 0 Å². The van der Waals surface area contributed by atoms with E-state index in [9.17, 15) is 9.59 Å². The molecular formula is C22H28ClN5O2S. The first kappa shape index (κ1) is 22.0. The van der Waals surface area contributed by atoms with Gasteiger partial charge < -0.3 is 16.0 Å². The number of amides is 2. The van der Waals surface area contributed by atoms with Gasteiger partial charge in [0.1, 0.15) is 16.7 Å². The molecule has 31 heavy (non-hydrogen) atoms. The van der Waals surface area contributed by atoms with Crippen LogP contribution in [0.3, 0.4) is 0 Å². The molecule has 2 aliphatic rings. The van der Waals surface area contributed by atoms with Crippen LogP contribution in [0.1, 0.15) is 66.9 Å². The molecule has 2 aromatic heterocycles. The van der Waals surface area contributed by atoms with Crippen LogP contribution in [0.4, 0.5) is 5.69 Å². The van der Waals surface area contributed by atoms with Crippen LogP contribution >= 0.6 is 22.9 Å². The van der Waals surface area contributed by atoms with E-state index in [1.54, 1.807) is 23.8 Å². The Labute approximate surface area is 191 Å². The van der Waals surface area contributed by atoms with E-state index in [-0.39, 0.29) is 17.9 Å². The highest BCUT2D eigenvalue weighted by atomic mass is 35.5. The Bertz CT molecular complexity index is 911. The molecule has 7 nitrogen and oxygen atoms in total. The zero-order valence-electron chi connectivity index (χ0n) is 17.4. The summed E-state index contributed by atoms with van der Waals surface area (Å²) in [7, 11) is 0. The van der Waals surface area contributed by atoms with E-state index in [0.29, 0.717) is 29.6 Å². The number of carbonyl (C=O) groups is 2. The van der Waals surface area contributed by atoms with Gasteiger partial charge in [-0.25, -0.2) is 4.98 Å². The van der Waals surface area contributed by atoms with Gasteiger partial charge in [0.15, 0.2) is 0 Å². The van der Waals surface area contributed by atoms with Crippen molar-refractivity contribution in [3.63, 3.8) is 0 Å². The van der Waals surface area contributed by atoms with Crippen LogP contribution in [-0.4, -0.2) is 33.9 Å².